The fourth-order valence-corrected chi connectivity index (χ4v) is 2.01. The number of furan rings is 1. The number of hydrogen-bond acceptors (Lipinski definition) is 3. The molecule has 1 unspecified atom stereocenters. The summed E-state index contributed by atoms with van der Waals surface area (Å²) >= 11 is 0. The zero-order valence-corrected chi connectivity index (χ0v) is 10.8. The highest BCUT2D eigenvalue weighted by atomic mass is 16.3. The summed E-state index contributed by atoms with van der Waals surface area (Å²) < 4.78 is 5.50. The van der Waals surface area contributed by atoms with Gasteiger partial charge in [-0.15, -0.1) is 0 Å². The first-order valence-corrected chi connectivity index (χ1v) is 6.56. The molecule has 0 bridgehead atoms. The maximum absolute atomic E-state index is 5.50. The van der Waals surface area contributed by atoms with Crippen LogP contribution in [0.2, 0.25) is 0 Å². The quantitative estimate of drug-likeness (QED) is 0.811. The predicted octanol–water partition coefficient (Wildman–Crippen LogP) is 3.35. The van der Waals surface area contributed by atoms with Crippen molar-refractivity contribution in [3.63, 3.8) is 0 Å². The fourth-order valence-electron chi connectivity index (χ4n) is 2.01. The molecule has 1 atom stereocenters. The van der Waals surface area contributed by atoms with E-state index in [0.717, 1.165) is 31.6 Å². The molecule has 96 valence electrons. The van der Waals surface area contributed by atoms with Crippen molar-refractivity contribution >= 4 is 0 Å². The average Bonchev–Trinajstić information content (AvgIpc) is 2.94. The molecule has 0 aliphatic rings. The number of nitrogens with one attached hydrogen (secondary N) is 1. The Labute approximate surface area is 108 Å². The van der Waals surface area contributed by atoms with Crippen molar-refractivity contribution in [2.45, 2.75) is 32.2 Å². The second kappa shape index (κ2) is 6.97. The van der Waals surface area contributed by atoms with E-state index in [1.165, 1.54) is 5.56 Å². The number of rotatable bonds is 7. The lowest BCUT2D eigenvalue weighted by Gasteiger charge is -2.16. The van der Waals surface area contributed by atoms with E-state index in [2.05, 4.69) is 23.3 Å². The van der Waals surface area contributed by atoms with Crippen LogP contribution in [0.1, 0.15) is 37.1 Å². The van der Waals surface area contributed by atoms with Crippen molar-refractivity contribution in [2.24, 2.45) is 0 Å². The van der Waals surface area contributed by atoms with Gasteiger partial charge in [-0.25, -0.2) is 0 Å². The Hall–Kier alpha value is -1.61. The van der Waals surface area contributed by atoms with E-state index >= 15 is 0 Å². The third-order valence-electron chi connectivity index (χ3n) is 2.97. The second-order valence-electron chi connectivity index (χ2n) is 4.42. The first-order valence-electron chi connectivity index (χ1n) is 6.56. The monoisotopic (exact) mass is 244 g/mol. The molecule has 0 aliphatic carbocycles. The minimum Gasteiger partial charge on any atom is -0.468 e. The Morgan fingerprint density at radius 2 is 2.28 bits per heavy atom. The van der Waals surface area contributed by atoms with Crippen LogP contribution in [-0.4, -0.2) is 11.5 Å². The highest BCUT2D eigenvalue weighted by molar-refractivity contribution is 5.10. The van der Waals surface area contributed by atoms with Crippen LogP contribution in [0.4, 0.5) is 0 Å². The van der Waals surface area contributed by atoms with E-state index in [4.69, 9.17) is 4.42 Å². The minimum absolute atomic E-state index is 0.292. The van der Waals surface area contributed by atoms with E-state index in [1.54, 1.807) is 6.26 Å². The molecule has 0 amide bonds. The lowest BCUT2D eigenvalue weighted by Crippen LogP contribution is -2.22. The van der Waals surface area contributed by atoms with Gasteiger partial charge in [0.1, 0.15) is 5.76 Å². The number of aromatic nitrogens is 1. The van der Waals surface area contributed by atoms with E-state index in [-0.39, 0.29) is 0 Å². The van der Waals surface area contributed by atoms with Gasteiger partial charge in [0.05, 0.1) is 12.3 Å². The number of nitrogens with zero attached hydrogens (tertiary/aromatic N) is 1. The first-order chi connectivity index (χ1) is 8.90. The van der Waals surface area contributed by atoms with Gasteiger partial charge in [-0.05, 0) is 49.6 Å². The zero-order chi connectivity index (χ0) is 12.6. The normalized spacial score (nSPS) is 12.5. The Morgan fingerprint density at radius 1 is 1.33 bits per heavy atom. The van der Waals surface area contributed by atoms with Gasteiger partial charge in [0, 0.05) is 12.4 Å². The molecule has 2 aromatic heterocycles. The van der Waals surface area contributed by atoms with E-state index in [9.17, 15) is 0 Å². The molecule has 3 heteroatoms. The highest BCUT2D eigenvalue weighted by Crippen LogP contribution is 2.19. The summed E-state index contributed by atoms with van der Waals surface area (Å²) in [4.78, 5) is 4.14. The number of hydrogen-bond donors (Lipinski definition) is 1. The molecule has 18 heavy (non-hydrogen) atoms. The van der Waals surface area contributed by atoms with Gasteiger partial charge in [-0.1, -0.05) is 13.0 Å². The third kappa shape index (κ3) is 3.70. The van der Waals surface area contributed by atoms with Gasteiger partial charge in [0.2, 0.25) is 0 Å². The smallest absolute Gasteiger partial charge is 0.120 e. The van der Waals surface area contributed by atoms with Crippen LogP contribution >= 0.6 is 0 Å². The van der Waals surface area contributed by atoms with Crippen LogP contribution in [0.15, 0.2) is 47.3 Å². The van der Waals surface area contributed by atoms with E-state index < -0.39 is 0 Å². The Kier molecular flexibility index (Phi) is 4.97. The number of aryl methyl sites for hydroxylation is 1. The molecule has 2 rings (SSSR count). The molecule has 0 aromatic carbocycles. The largest absolute Gasteiger partial charge is 0.468 e. The summed E-state index contributed by atoms with van der Waals surface area (Å²) in [5, 5.41) is 3.53. The summed E-state index contributed by atoms with van der Waals surface area (Å²) in [5.74, 6) is 1.02. The predicted molar refractivity (Wildman–Crippen MR) is 72.3 cm³/mol. The van der Waals surface area contributed by atoms with E-state index in [0.29, 0.717) is 6.04 Å². The number of pyridine rings is 1. The molecule has 0 fully saturated rings. The van der Waals surface area contributed by atoms with Gasteiger partial charge in [0.25, 0.3) is 0 Å². The van der Waals surface area contributed by atoms with Crippen LogP contribution in [0.3, 0.4) is 0 Å². The fraction of sp³-hybridized carbons (Fsp3) is 0.400. The third-order valence-corrected chi connectivity index (χ3v) is 2.97. The molecular formula is C15H20N2O. The van der Waals surface area contributed by atoms with Crippen molar-refractivity contribution < 1.29 is 4.42 Å². The van der Waals surface area contributed by atoms with Crippen LogP contribution in [-0.2, 0) is 6.42 Å². The standard InChI is InChI=1S/C15H20N2O/c1-2-9-17-14(15-6-4-11-18-15)8-7-13-5-3-10-16-12-13/h3-6,10-12,14,17H,2,7-9H2,1H3. The summed E-state index contributed by atoms with van der Waals surface area (Å²) in [7, 11) is 0. The van der Waals surface area contributed by atoms with Crippen molar-refractivity contribution in [1.82, 2.24) is 10.3 Å². The van der Waals surface area contributed by atoms with Crippen molar-refractivity contribution in [3.8, 4) is 0 Å². The van der Waals surface area contributed by atoms with Crippen LogP contribution in [0, 0.1) is 0 Å². The van der Waals surface area contributed by atoms with Crippen molar-refractivity contribution in [3.05, 3.63) is 54.2 Å². The molecule has 2 aromatic rings. The maximum atomic E-state index is 5.50. The molecule has 0 radical (unpaired) electrons. The zero-order valence-electron chi connectivity index (χ0n) is 10.8. The molecule has 2 heterocycles. The lowest BCUT2D eigenvalue weighted by atomic mass is 10.0. The summed E-state index contributed by atoms with van der Waals surface area (Å²) in [6.45, 7) is 3.19. The van der Waals surface area contributed by atoms with Gasteiger partial charge in [-0.2, -0.15) is 0 Å². The Morgan fingerprint density at radius 3 is 2.94 bits per heavy atom. The molecule has 0 aliphatic heterocycles. The summed E-state index contributed by atoms with van der Waals surface area (Å²) in [6, 6.07) is 8.37. The maximum Gasteiger partial charge on any atom is 0.120 e. The van der Waals surface area contributed by atoms with Gasteiger partial charge in [-0.3, -0.25) is 4.98 Å². The summed E-state index contributed by atoms with van der Waals surface area (Å²) in [5.41, 5.74) is 1.27. The van der Waals surface area contributed by atoms with Gasteiger partial charge >= 0.3 is 0 Å². The molecule has 3 nitrogen and oxygen atoms in total. The average molecular weight is 244 g/mol. The molecule has 0 saturated heterocycles. The second-order valence-corrected chi connectivity index (χ2v) is 4.42. The SMILES string of the molecule is CCCNC(CCc1cccnc1)c1ccco1. The molecule has 0 spiro atoms. The van der Waals surface area contributed by atoms with Crippen LogP contribution in [0.5, 0.6) is 0 Å². The van der Waals surface area contributed by atoms with Gasteiger partial charge < -0.3 is 9.73 Å². The van der Waals surface area contributed by atoms with Crippen molar-refractivity contribution in [2.75, 3.05) is 6.54 Å². The minimum atomic E-state index is 0.292. The van der Waals surface area contributed by atoms with E-state index in [1.807, 2.05) is 30.6 Å². The first kappa shape index (κ1) is 12.8. The lowest BCUT2D eigenvalue weighted by molar-refractivity contribution is 0.396. The molecular weight excluding hydrogens is 224 g/mol. The molecule has 1 N–H and O–H groups in total. The van der Waals surface area contributed by atoms with Crippen LogP contribution in [0.25, 0.3) is 0 Å². The van der Waals surface area contributed by atoms with Gasteiger partial charge in [0.15, 0.2) is 0 Å². The Bertz CT molecular complexity index is 425. The highest BCUT2D eigenvalue weighted by Gasteiger charge is 2.13. The van der Waals surface area contributed by atoms with Crippen molar-refractivity contribution in [1.29, 1.82) is 0 Å². The summed E-state index contributed by atoms with van der Waals surface area (Å²) in [6.07, 6.45) is 8.64. The molecule has 0 saturated carbocycles. The topological polar surface area (TPSA) is 38.1 Å². The van der Waals surface area contributed by atoms with Crippen LogP contribution < -0.4 is 5.32 Å². The Balaban J connectivity index is 1.93.